The zero-order chi connectivity index (χ0) is 12.3. The van der Waals surface area contributed by atoms with Crippen LogP contribution in [0.25, 0.3) is 0 Å². The number of hydrogen-bond acceptors (Lipinski definition) is 3. The van der Waals surface area contributed by atoms with Gasteiger partial charge in [0.15, 0.2) is 0 Å². The third kappa shape index (κ3) is 2.69. The maximum Gasteiger partial charge on any atom is 0.132 e. The van der Waals surface area contributed by atoms with Gasteiger partial charge in [0, 0.05) is 17.5 Å². The Labute approximate surface area is 105 Å². The minimum Gasteiger partial charge on any atom is -0.467 e. The standard InChI is InChI=1S/C13H14ClNO2/c14-10-5-3-9(4-6-10)11(8-15)13(16)12-2-1-7-17-12/h1-7,11,13,16H,8,15H2. The number of halogens is 1. The van der Waals surface area contributed by atoms with Crippen molar-refractivity contribution in [2.45, 2.75) is 12.0 Å². The van der Waals surface area contributed by atoms with Crippen molar-refractivity contribution in [1.82, 2.24) is 0 Å². The van der Waals surface area contributed by atoms with Crippen LogP contribution in [-0.2, 0) is 0 Å². The van der Waals surface area contributed by atoms with Crippen LogP contribution in [0.1, 0.15) is 23.3 Å². The Bertz CT molecular complexity index is 453. The second kappa shape index (κ2) is 5.36. The third-order valence-corrected chi connectivity index (χ3v) is 3.02. The third-order valence-electron chi connectivity index (χ3n) is 2.77. The summed E-state index contributed by atoms with van der Waals surface area (Å²) in [4.78, 5) is 0. The molecule has 1 heterocycles. The fourth-order valence-electron chi connectivity index (χ4n) is 1.82. The summed E-state index contributed by atoms with van der Waals surface area (Å²) in [7, 11) is 0. The van der Waals surface area contributed by atoms with E-state index in [0.717, 1.165) is 5.56 Å². The first-order chi connectivity index (χ1) is 8.22. The molecular weight excluding hydrogens is 238 g/mol. The Kier molecular flexibility index (Phi) is 3.84. The molecule has 0 bridgehead atoms. The largest absolute Gasteiger partial charge is 0.467 e. The van der Waals surface area contributed by atoms with Crippen molar-refractivity contribution >= 4 is 11.6 Å². The molecule has 4 heteroatoms. The minimum absolute atomic E-state index is 0.196. The minimum atomic E-state index is -0.740. The predicted molar refractivity (Wildman–Crippen MR) is 66.9 cm³/mol. The number of hydrogen-bond donors (Lipinski definition) is 2. The maximum atomic E-state index is 10.2. The molecule has 0 spiro atoms. The van der Waals surface area contributed by atoms with E-state index in [4.69, 9.17) is 21.8 Å². The van der Waals surface area contributed by atoms with E-state index in [1.807, 2.05) is 12.1 Å². The summed E-state index contributed by atoms with van der Waals surface area (Å²) < 4.78 is 5.19. The molecule has 17 heavy (non-hydrogen) atoms. The first kappa shape index (κ1) is 12.2. The first-order valence-electron chi connectivity index (χ1n) is 5.39. The molecule has 1 aromatic carbocycles. The van der Waals surface area contributed by atoms with Crippen LogP contribution in [0.5, 0.6) is 0 Å². The van der Waals surface area contributed by atoms with Gasteiger partial charge >= 0.3 is 0 Å². The van der Waals surface area contributed by atoms with E-state index >= 15 is 0 Å². The normalized spacial score (nSPS) is 14.5. The number of aliphatic hydroxyl groups excluding tert-OH is 1. The lowest BCUT2D eigenvalue weighted by molar-refractivity contribution is 0.122. The summed E-state index contributed by atoms with van der Waals surface area (Å²) in [6.07, 6.45) is 0.796. The summed E-state index contributed by atoms with van der Waals surface area (Å²) in [6, 6.07) is 10.8. The van der Waals surface area contributed by atoms with Crippen molar-refractivity contribution in [3.63, 3.8) is 0 Å². The van der Waals surface area contributed by atoms with Crippen LogP contribution >= 0.6 is 11.6 Å². The smallest absolute Gasteiger partial charge is 0.132 e. The lowest BCUT2D eigenvalue weighted by atomic mass is 9.92. The van der Waals surface area contributed by atoms with Crippen LogP contribution in [0.3, 0.4) is 0 Å². The van der Waals surface area contributed by atoms with E-state index in [0.29, 0.717) is 17.3 Å². The van der Waals surface area contributed by atoms with Gasteiger partial charge in [0.05, 0.1) is 6.26 Å². The van der Waals surface area contributed by atoms with Gasteiger partial charge in [0.2, 0.25) is 0 Å². The van der Waals surface area contributed by atoms with Gasteiger partial charge in [-0.2, -0.15) is 0 Å². The highest BCUT2D eigenvalue weighted by Crippen LogP contribution is 2.30. The van der Waals surface area contributed by atoms with E-state index < -0.39 is 6.10 Å². The monoisotopic (exact) mass is 251 g/mol. The summed E-state index contributed by atoms with van der Waals surface area (Å²) in [5, 5.41) is 10.8. The highest BCUT2D eigenvalue weighted by atomic mass is 35.5. The molecule has 0 aliphatic heterocycles. The molecule has 0 saturated carbocycles. The Morgan fingerprint density at radius 1 is 1.24 bits per heavy atom. The van der Waals surface area contributed by atoms with Crippen LogP contribution in [-0.4, -0.2) is 11.7 Å². The molecule has 0 fully saturated rings. The molecule has 2 unspecified atom stereocenters. The number of aliphatic hydroxyl groups is 1. The lowest BCUT2D eigenvalue weighted by Crippen LogP contribution is -2.19. The van der Waals surface area contributed by atoms with Crippen molar-refractivity contribution in [2.75, 3.05) is 6.54 Å². The molecule has 0 saturated heterocycles. The fourth-order valence-corrected chi connectivity index (χ4v) is 1.94. The van der Waals surface area contributed by atoms with E-state index in [-0.39, 0.29) is 5.92 Å². The molecule has 0 aliphatic rings. The predicted octanol–water partition coefficient (Wildman–Crippen LogP) is 2.71. The molecule has 3 nitrogen and oxygen atoms in total. The lowest BCUT2D eigenvalue weighted by Gasteiger charge is -2.20. The van der Waals surface area contributed by atoms with Gasteiger partial charge in [-0.05, 0) is 29.8 Å². The van der Waals surface area contributed by atoms with Crippen molar-refractivity contribution < 1.29 is 9.52 Å². The zero-order valence-electron chi connectivity index (χ0n) is 9.21. The van der Waals surface area contributed by atoms with Crippen molar-refractivity contribution in [3.05, 3.63) is 59.0 Å². The Balaban J connectivity index is 2.24. The highest BCUT2D eigenvalue weighted by Gasteiger charge is 2.23. The van der Waals surface area contributed by atoms with Crippen LogP contribution in [0, 0.1) is 0 Å². The molecular formula is C13H14ClNO2. The van der Waals surface area contributed by atoms with E-state index in [2.05, 4.69) is 0 Å². The van der Waals surface area contributed by atoms with Crippen molar-refractivity contribution in [2.24, 2.45) is 5.73 Å². The number of benzene rings is 1. The molecule has 2 aromatic rings. The molecule has 0 radical (unpaired) electrons. The van der Waals surface area contributed by atoms with Gasteiger partial charge in [-0.25, -0.2) is 0 Å². The van der Waals surface area contributed by atoms with E-state index in [9.17, 15) is 5.11 Å². The molecule has 90 valence electrons. The molecule has 3 N–H and O–H groups in total. The van der Waals surface area contributed by atoms with Gasteiger partial charge in [-0.3, -0.25) is 0 Å². The maximum absolute atomic E-state index is 10.2. The summed E-state index contributed by atoms with van der Waals surface area (Å²) in [5.74, 6) is 0.328. The molecule has 1 aromatic heterocycles. The van der Waals surface area contributed by atoms with Crippen LogP contribution in [0.2, 0.25) is 5.02 Å². The summed E-state index contributed by atoms with van der Waals surface area (Å²) >= 11 is 5.83. The van der Waals surface area contributed by atoms with Crippen molar-refractivity contribution in [3.8, 4) is 0 Å². The van der Waals surface area contributed by atoms with E-state index in [1.54, 1.807) is 24.3 Å². The van der Waals surface area contributed by atoms with Gasteiger partial charge in [-0.1, -0.05) is 23.7 Å². The number of nitrogens with two attached hydrogens (primary N) is 1. The second-order valence-corrected chi connectivity index (χ2v) is 4.29. The molecule has 0 amide bonds. The second-order valence-electron chi connectivity index (χ2n) is 3.85. The topological polar surface area (TPSA) is 59.4 Å². The van der Waals surface area contributed by atoms with Crippen molar-refractivity contribution in [1.29, 1.82) is 0 Å². The number of rotatable bonds is 4. The molecule has 2 atom stereocenters. The highest BCUT2D eigenvalue weighted by molar-refractivity contribution is 6.30. The molecule has 0 aliphatic carbocycles. The van der Waals surface area contributed by atoms with E-state index in [1.165, 1.54) is 6.26 Å². The van der Waals surface area contributed by atoms with Gasteiger partial charge in [0.25, 0.3) is 0 Å². The SMILES string of the molecule is NCC(c1ccc(Cl)cc1)C(O)c1ccco1. The Morgan fingerprint density at radius 3 is 2.47 bits per heavy atom. The van der Waals surface area contributed by atoms with Crippen LogP contribution < -0.4 is 5.73 Å². The average molecular weight is 252 g/mol. The summed E-state index contributed by atoms with van der Waals surface area (Å²) in [6.45, 7) is 0.337. The Hall–Kier alpha value is -1.29. The van der Waals surface area contributed by atoms with Gasteiger partial charge in [-0.15, -0.1) is 0 Å². The summed E-state index contributed by atoms with van der Waals surface area (Å²) in [5.41, 5.74) is 6.66. The van der Waals surface area contributed by atoms with Crippen LogP contribution in [0.4, 0.5) is 0 Å². The first-order valence-corrected chi connectivity index (χ1v) is 5.77. The van der Waals surface area contributed by atoms with Crippen LogP contribution in [0.15, 0.2) is 47.1 Å². The Morgan fingerprint density at radius 2 is 1.94 bits per heavy atom. The number of furan rings is 1. The fraction of sp³-hybridized carbons (Fsp3) is 0.231. The quantitative estimate of drug-likeness (QED) is 0.878. The zero-order valence-corrected chi connectivity index (χ0v) is 9.97. The van der Waals surface area contributed by atoms with Gasteiger partial charge < -0.3 is 15.3 Å². The molecule has 2 rings (SSSR count). The average Bonchev–Trinajstić information content (AvgIpc) is 2.86. The van der Waals surface area contributed by atoms with Gasteiger partial charge in [0.1, 0.15) is 11.9 Å².